The lowest BCUT2D eigenvalue weighted by Crippen LogP contribution is -2.59. The number of likely N-dealkylation sites (tertiary alicyclic amines) is 1. The molecule has 1 aliphatic rings. The molecule has 0 radical (unpaired) electrons. The zero-order chi connectivity index (χ0) is 34.9. The highest BCUT2D eigenvalue weighted by Gasteiger charge is 2.46. The quantitative estimate of drug-likeness (QED) is 0.108. The highest BCUT2D eigenvalue weighted by Crippen LogP contribution is 2.33. The summed E-state index contributed by atoms with van der Waals surface area (Å²) in [6.45, 7) is 7.69. The molecule has 1 unspecified atom stereocenters. The number of β-amino-alcohol motifs (C(OH)–C–C–N with tert-alkyl or cyclic N) is 1. The zero-order valence-electron chi connectivity index (χ0n) is 29.2. The number of unbranched alkanes of at least 4 members (excludes halogenated alkanes) is 8. The third-order valence-electron chi connectivity index (χ3n) is 8.97. The number of thiazole rings is 1. The van der Waals surface area contributed by atoms with Crippen molar-refractivity contribution in [2.24, 2.45) is 11.5 Å². The van der Waals surface area contributed by atoms with Crippen LogP contribution in [0.4, 0.5) is 0 Å². The molecule has 48 heavy (non-hydrogen) atoms. The number of nitrogens with one attached hydrogen (secondary N) is 2. The van der Waals surface area contributed by atoms with Gasteiger partial charge in [-0.2, -0.15) is 11.8 Å². The van der Waals surface area contributed by atoms with Crippen molar-refractivity contribution in [3.63, 3.8) is 0 Å². The van der Waals surface area contributed by atoms with Crippen molar-refractivity contribution < 1.29 is 19.5 Å². The monoisotopic (exact) mass is 702 g/mol. The van der Waals surface area contributed by atoms with Gasteiger partial charge in [-0.25, -0.2) is 4.98 Å². The number of thioether (sulfide) groups is 1. The predicted molar refractivity (Wildman–Crippen MR) is 198 cm³/mol. The molecule has 1 fully saturated rings. The number of aliphatic hydroxyl groups is 1. The maximum absolute atomic E-state index is 14.3. The Labute approximate surface area is 295 Å². The Morgan fingerprint density at radius 3 is 2.25 bits per heavy atom. The van der Waals surface area contributed by atoms with Crippen LogP contribution >= 0.6 is 23.1 Å². The standard InChI is InChI=1S/C36H58N6O4S2/c1-26-32(47-25-40-26)28-17-15-27(16-18-28)23-39-34(45)30-22-29(43)24-42(30)35(46)33(36(2,3)48-21-13-9-8-12-20-38)41-31(44)14-10-6-4-5-7-11-19-37/h15-18,25,29-30,33,43H,4-14,19-24,37-38H2,1-3H3,(H,39,45)(H,41,44)/t29-,30+,33?/m1/s1. The summed E-state index contributed by atoms with van der Waals surface area (Å²) in [5.41, 5.74) is 16.0. The number of aryl methyl sites for hydroxylation is 1. The number of nitrogens with two attached hydrogens (primary N) is 2. The molecule has 10 nitrogen and oxygen atoms in total. The van der Waals surface area contributed by atoms with Gasteiger partial charge in [0.25, 0.3) is 0 Å². The number of nitrogens with zero attached hydrogens (tertiary/aromatic N) is 2. The van der Waals surface area contributed by atoms with Crippen molar-refractivity contribution in [1.29, 1.82) is 0 Å². The number of carbonyl (C=O) groups excluding carboxylic acids is 3. The van der Waals surface area contributed by atoms with Crippen molar-refractivity contribution in [1.82, 2.24) is 20.5 Å². The number of rotatable bonds is 22. The third-order valence-corrected chi connectivity index (χ3v) is 11.4. The van der Waals surface area contributed by atoms with Gasteiger partial charge in [-0.1, -0.05) is 62.8 Å². The lowest BCUT2D eigenvalue weighted by molar-refractivity contribution is -0.142. The molecule has 0 aliphatic carbocycles. The summed E-state index contributed by atoms with van der Waals surface area (Å²) in [5.74, 6) is 0.0391. The lowest BCUT2D eigenvalue weighted by atomic mass is 10.00. The fourth-order valence-electron chi connectivity index (χ4n) is 6.05. The number of aromatic nitrogens is 1. The van der Waals surface area contributed by atoms with Crippen LogP contribution in [0, 0.1) is 6.92 Å². The van der Waals surface area contributed by atoms with Crippen molar-refractivity contribution >= 4 is 40.8 Å². The van der Waals surface area contributed by atoms with E-state index in [2.05, 4.69) is 15.6 Å². The Balaban J connectivity index is 1.65. The van der Waals surface area contributed by atoms with Gasteiger partial charge >= 0.3 is 0 Å². The van der Waals surface area contributed by atoms with E-state index in [1.807, 2.05) is 50.5 Å². The molecule has 1 aromatic heterocycles. The fourth-order valence-corrected chi connectivity index (χ4v) is 8.07. The molecule has 0 bridgehead atoms. The third kappa shape index (κ3) is 12.7. The van der Waals surface area contributed by atoms with Crippen LogP contribution in [-0.4, -0.2) is 81.0 Å². The van der Waals surface area contributed by atoms with Crippen LogP contribution in [0.1, 0.15) is 102 Å². The number of hydrogen-bond acceptors (Lipinski definition) is 9. The van der Waals surface area contributed by atoms with Crippen molar-refractivity contribution in [3.05, 3.63) is 41.0 Å². The predicted octanol–water partition coefficient (Wildman–Crippen LogP) is 4.90. The minimum atomic E-state index is -0.841. The van der Waals surface area contributed by atoms with Crippen LogP contribution < -0.4 is 22.1 Å². The van der Waals surface area contributed by atoms with Gasteiger partial charge in [-0.15, -0.1) is 11.3 Å². The van der Waals surface area contributed by atoms with E-state index in [9.17, 15) is 19.5 Å². The van der Waals surface area contributed by atoms with E-state index >= 15 is 0 Å². The second-order valence-electron chi connectivity index (χ2n) is 13.4. The molecule has 1 saturated heterocycles. The highest BCUT2D eigenvalue weighted by atomic mass is 32.2. The summed E-state index contributed by atoms with van der Waals surface area (Å²) in [6.07, 6.45) is 9.78. The van der Waals surface area contributed by atoms with E-state index in [-0.39, 0.29) is 30.7 Å². The fraction of sp³-hybridized carbons (Fsp3) is 0.667. The van der Waals surface area contributed by atoms with Gasteiger partial charge in [0.15, 0.2) is 0 Å². The Morgan fingerprint density at radius 2 is 1.62 bits per heavy atom. The largest absolute Gasteiger partial charge is 0.391 e. The SMILES string of the molecule is Cc1ncsc1-c1ccc(CNC(=O)[C@@H]2C[C@@H](O)CN2C(=O)C(NC(=O)CCCCCCCCN)C(C)(C)SCCCCCCN)cc1. The number of aliphatic hydroxyl groups excluding tert-OH is 1. The molecule has 1 aliphatic heterocycles. The lowest BCUT2D eigenvalue weighted by Gasteiger charge is -2.37. The van der Waals surface area contributed by atoms with Gasteiger partial charge in [0.05, 0.1) is 22.2 Å². The molecule has 1 aromatic carbocycles. The molecule has 0 saturated carbocycles. The van der Waals surface area contributed by atoms with Gasteiger partial charge in [0.1, 0.15) is 12.1 Å². The maximum Gasteiger partial charge on any atom is 0.247 e. The maximum atomic E-state index is 14.3. The summed E-state index contributed by atoms with van der Waals surface area (Å²) in [6, 6.07) is 6.32. The van der Waals surface area contributed by atoms with Crippen molar-refractivity contribution in [2.45, 2.75) is 127 Å². The number of benzene rings is 1. The first kappa shape index (κ1) is 39.9. The van der Waals surface area contributed by atoms with E-state index in [1.54, 1.807) is 23.1 Å². The second kappa shape index (κ2) is 20.9. The minimum absolute atomic E-state index is 0.0504. The molecule has 3 rings (SSSR count). The van der Waals surface area contributed by atoms with Gasteiger partial charge in [-0.3, -0.25) is 14.4 Å². The average Bonchev–Trinajstić information content (AvgIpc) is 3.68. The van der Waals surface area contributed by atoms with E-state index in [1.165, 1.54) is 4.90 Å². The van der Waals surface area contributed by atoms with Crippen LogP contribution in [0.5, 0.6) is 0 Å². The van der Waals surface area contributed by atoms with Crippen LogP contribution in [0.25, 0.3) is 10.4 Å². The summed E-state index contributed by atoms with van der Waals surface area (Å²) >= 11 is 3.25. The zero-order valence-corrected chi connectivity index (χ0v) is 30.8. The van der Waals surface area contributed by atoms with Gasteiger partial charge in [-0.05, 0) is 76.4 Å². The Morgan fingerprint density at radius 1 is 1.00 bits per heavy atom. The summed E-state index contributed by atoms with van der Waals surface area (Å²) in [4.78, 5) is 47.9. The number of hydrogen-bond donors (Lipinski definition) is 5. The van der Waals surface area contributed by atoms with Crippen molar-refractivity contribution in [2.75, 3.05) is 25.4 Å². The second-order valence-corrected chi connectivity index (χ2v) is 16.0. The molecular weight excluding hydrogens is 645 g/mol. The van der Waals surface area contributed by atoms with Crippen LogP contribution in [0.3, 0.4) is 0 Å². The molecule has 12 heteroatoms. The Kier molecular flexibility index (Phi) is 17.4. The summed E-state index contributed by atoms with van der Waals surface area (Å²) in [5, 5.41) is 16.7. The topological polar surface area (TPSA) is 164 Å². The molecule has 268 valence electrons. The molecular formula is C36H58N6O4S2. The molecule has 7 N–H and O–H groups in total. The van der Waals surface area contributed by atoms with Gasteiger partial charge in [0, 0.05) is 30.7 Å². The van der Waals surface area contributed by atoms with E-state index in [0.717, 1.165) is 91.7 Å². The normalized spacial score (nSPS) is 17.0. The number of carbonyl (C=O) groups is 3. The Bertz CT molecular complexity index is 1270. The Hall–Kier alpha value is -2.51. The average molecular weight is 703 g/mol. The van der Waals surface area contributed by atoms with Gasteiger partial charge in [0.2, 0.25) is 17.7 Å². The smallest absolute Gasteiger partial charge is 0.247 e. The first-order valence-electron chi connectivity index (χ1n) is 17.7. The molecule has 0 spiro atoms. The van der Waals surface area contributed by atoms with E-state index < -0.39 is 22.9 Å². The van der Waals surface area contributed by atoms with Crippen LogP contribution in [0.15, 0.2) is 29.8 Å². The highest BCUT2D eigenvalue weighted by molar-refractivity contribution is 8.00. The molecule has 3 amide bonds. The summed E-state index contributed by atoms with van der Waals surface area (Å²) in [7, 11) is 0. The van der Waals surface area contributed by atoms with Crippen LogP contribution in [0.2, 0.25) is 0 Å². The molecule has 2 aromatic rings. The molecule has 2 heterocycles. The van der Waals surface area contributed by atoms with Crippen LogP contribution in [-0.2, 0) is 20.9 Å². The minimum Gasteiger partial charge on any atom is -0.391 e. The first-order chi connectivity index (χ1) is 23.1. The molecule has 3 atom stereocenters. The summed E-state index contributed by atoms with van der Waals surface area (Å²) < 4.78 is -0.629. The first-order valence-corrected chi connectivity index (χ1v) is 19.5. The van der Waals surface area contributed by atoms with E-state index in [0.29, 0.717) is 26.1 Å². The van der Waals surface area contributed by atoms with Gasteiger partial charge < -0.3 is 32.1 Å². The number of amides is 3. The van der Waals surface area contributed by atoms with E-state index in [4.69, 9.17) is 11.5 Å². The van der Waals surface area contributed by atoms with Crippen molar-refractivity contribution in [3.8, 4) is 10.4 Å².